The lowest BCUT2D eigenvalue weighted by molar-refractivity contribution is -0.385. The molecule has 35 heavy (non-hydrogen) atoms. The number of hydrogen-bond acceptors (Lipinski definition) is 10. The lowest BCUT2D eigenvalue weighted by Crippen LogP contribution is -2.41. The van der Waals surface area contributed by atoms with Crippen LogP contribution in [-0.4, -0.2) is 51.8 Å². The predicted molar refractivity (Wildman–Crippen MR) is 119 cm³/mol. The molecule has 0 spiro atoms. The van der Waals surface area contributed by atoms with Crippen molar-refractivity contribution in [3.05, 3.63) is 91.5 Å². The van der Waals surface area contributed by atoms with Crippen LogP contribution in [-0.2, 0) is 19.0 Å². The van der Waals surface area contributed by atoms with Gasteiger partial charge < -0.3 is 19.3 Å². The molecule has 184 valence electrons. The summed E-state index contributed by atoms with van der Waals surface area (Å²) in [4.78, 5) is 45.8. The maximum atomic E-state index is 13.0. The number of nitro groups is 2. The van der Waals surface area contributed by atoms with Gasteiger partial charge in [0.2, 0.25) is 0 Å². The minimum Gasteiger partial charge on any atom is -0.459 e. The van der Waals surface area contributed by atoms with Crippen molar-refractivity contribution in [1.82, 2.24) is 0 Å². The van der Waals surface area contributed by atoms with Gasteiger partial charge in [-0.25, -0.2) is 4.79 Å². The topological polar surface area (TPSA) is 168 Å². The first kappa shape index (κ1) is 25.6. The highest BCUT2D eigenvalue weighted by atomic mass is 16.7. The number of rotatable bonds is 9. The number of nitrogens with zero attached hydrogens (tertiary/aromatic N) is 2. The number of Topliss-reactive ketones (excluding diaryl/α,β-unsaturated/α-hetero) is 1. The van der Waals surface area contributed by atoms with Crippen molar-refractivity contribution in [2.24, 2.45) is 0 Å². The Hall–Kier alpha value is -4.00. The monoisotopic (exact) mass is 486 g/mol. The second kappa shape index (κ2) is 11.0. The van der Waals surface area contributed by atoms with Gasteiger partial charge in [0, 0.05) is 29.8 Å². The molecular formula is C23H22N2O10. The van der Waals surface area contributed by atoms with Gasteiger partial charge in [0.05, 0.1) is 21.5 Å². The Morgan fingerprint density at radius 2 is 1.57 bits per heavy atom. The fourth-order valence-electron chi connectivity index (χ4n) is 3.27. The van der Waals surface area contributed by atoms with E-state index < -0.39 is 46.7 Å². The molecule has 3 atom stereocenters. The van der Waals surface area contributed by atoms with Crippen LogP contribution in [0.3, 0.4) is 0 Å². The molecular weight excluding hydrogens is 464 g/mol. The molecule has 0 fully saturated rings. The highest BCUT2D eigenvalue weighted by Crippen LogP contribution is 2.30. The summed E-state index contributed by atoms with van der Waals surface area (Å²) >= 11 is 0. The summed E-state index contributed by atoms with van der Waals surface area (Å²) in [6.45, 7) is 2.98. The van der Waals surface area contributed by atoms with Crippen molar-refractivity contribution in [2.45, 2.75) is 38.4 Å². The average Bonchev–Trinajstić information content (AvgIpc) is 2.83. The minimum absolute atomic E-state index is 0.0375. The van der Waals surface area contributed by atoms with Crippen molar-refractivity contribution >= 4 is 23.1 Å². The number of hydrogen-bond donors (Lipinski definition) is 1. The van der Waals surface area contributed by atoms with E-state index in [1.807, 2.05) is 0 Å². The smallest absolute Gasteiger partial charge is 0.338 e. The third-order valence-corrected chi connectivity index (χ3v) is 4.99. The first-order chi connectivity index (χ1) is 16.6. The summed E-state index contributed by atoms with van der Waals surface area (Å²) in [6, 6.07) is 9.79. The molecule has 0 aromatic heterocycles. The fraction of sp³-hybridized carbons (Fsp3) is 0.304. The number of carbonyl (C=O) groups is 2. The Morgan fingerprint density at radius 1 is 1.03 bits per heavy atom. The van der Waals surface area contributed by atoms with Gasteiger partial charge in [-0.1, -0.05) is 0 Å². The Kier molecular flexibility index (Phi) is 8.02. The van der Waals surface area contributed by atoms with Gasteiger partial charge in [0.1, 0.15) is 12.7 Å². The van der Waals surface area contributed by atoms with E-state index in [0.717, 1.165) is 12.1 Å². The van der Waals surface area contributed by atoms with E-state index in [9.17, 15) is 34.9 Å². The van der Waals surface area contributed by atoms with Gasteiger partial charge in [-0.15, -0.1) is 0 Å². The highest BCUT2D eigenvalue weighted by Gasteiger charge is 2.36. The molecule has 0 aliphatic carbocycles. The van der Waals surface area contributed by atoms with Crippen LogP contribution in [0.1, 0.15) is 35.9 Å². The van der Waals surface area contributed by atoms with Crippen LogP contribution in [0, 0.1) is 20.2 Å². The Bertz CT molecular complexity index is 1140. The third kappa shape index (κ3) is 6.32. The molecule has 0 amide bonds. The summed E-state index contributed by atoms with van der Waals surface area (Å²) < 4.78 is 16.4. The van der Waals surface area contributed by atoms with E-state index in [1.165, 1.54) is 42.5 Å². The summed E-state index contributed by atoms with van der Waals surface area (Å²) in [5.41, 5.74) is -0.175. The molecule has 1 N–H and O–H groups in total. The zero-order valence-electron chi connectivity index (χ0n) is 18.7. The molecule has 12 heteroatoms. The second-order valence-electron chi connectivity index (χ2n) is 7.82. The number of carbonyl (C=O) groups excluding carboxylic acids is 2. The van der Waals surface area contributed by atoms with Gasteiger partial charge in [0.15, 0.2) is 18.2 Å². The van der Waals surface area contributed by atoms with Gasteiger partial charge in [-0.3, -0.25) is 25.0 Å². The molecule has 1 aliphatic rings. The Morgan fingerprint density at radius 3 is 2.09 bits per heavy atom. The first-order valence-electron chi connectivity index (χ1n) is 10.5. The van der Waals surface area contributed by atoms with Gasteiger partial charge in [0.25, 0.3) is 11.4 Å². The molecule has 3 rings (SSSR count). The quantitative estimate of drug-likeness (QED) is 0.316. The molecule has 2 aromatic carbocycles. The van der Waals surface area contributed by atoms with Crippen molar-refractivity contribution in [3.8, 4) is 0 Å². The van der Waals surface area contributed by atoms with Crippen molar-refractivity contribution in [3.63, 3.8) is 0 Å². The molecule has 12 nitrogen and oxygen atoms in total. The molecule has 2 aromatic rings. The standard InChI is InChI=1S/C23H22N2O10/c1-13(2)34-20-11-18(21(26)14-3-7-16(8-4-14)24(29)30)22(27)19(35-20)12-33-23(28)15-5-9-17(10-6-15)25(31)32/h3-11,13,19-21,26H,12H2,1-2H3/t19-,20+,21-/m1/s1. The minimum atomic E-state index is -1.43. The van der Waals surface area contributed by atoms with Crippen LogP contribution in [0.2, 0.25) is 0 Å². The second-order valence-corrected chi connectivity index (χ2v) is 7.82. The van der Waals surface area contributed by atoms with Crippen molar-refractivity contribution in [2.75, 3.05) is 6.61 Å². The van der Waals surface area contributed by atoms with Crippen molar-refractivity contribution < 1.29 is 38.8 Å². The highest BCUT2D eigenvalue weighted by molar-refractivity contribution is 6.01. The average molecular weight is 486 g/mol. The molecule has 0 radical (unpaired) electrons. The number of benzene rings is 2. The SMILES string of the molecule is CC(C)O[C@@H]1C=C([C@H](O)c2ccc([N+](=O)[O-])cc2)C(=O)[C@@H](COC(=O)c2ccc([N+](=O)[O-])cc2)O1. The lowest BCUT2D eigenvalue weighted by Gasteiger charge is -2.30. The Balaban J connectivity index is 1.76. The predicted octanol–water partition coefficient (Wildman–Crippen LogP) is 3.04. The Labute approximate surface area is 199 Å². The number of ether oxygens (including phenoxy) is 3. The van der Waals surface area contributed by atoms with Gasteiger partial charge >= 0.3 is 5.97 Å². The summed E-state index contributed by atoms with van der Waals surface area (Å²) in [6.07, 6.45) is -2.75. The summed E-state index contributed by atoms with van der Waals surface area (Å²) in [5, 5.41) is 32.4. The first-order valence-corrected chi connectivity index (χ1v) is 10.5. The summed E-state index contributed by atoms with van der Waals surface area (Å²) in [5.74, 6) is -1.49. The van der Waals surface area contributed by atoms with E-state index in [-0.39, 0.29) is 34.2 Å². The van der Waals surface area contributed by atoms with E-state index in [0.29, 0.717) is 0 Å². The van der Waals surface area contributed by atoms with Crippen LogP contribution in [0.25, 0.3) is 0 Å². The number of aliphatic hydroxyl groups excluding tert-OH is 1. The molecule has 0 bridgehead atoms. The summed E-state index contributed by atoms with van der Waals surface area (Å²) in [7, 11) is 0. The van der Waals surface area contributed by atoms with Crippen LogP contribution in [0.5, 0.6) is 0 Å². The van der Waals surface area contributed by atoms with Crippen LogP contribution in [0.4, 0.5) is 11.4 Å². The van der Waals surface area contributed by atoms with Gasteiger partial charge in [-0.05, 0) is 49.8 Å². The van der Waals surface area contributed by atoms with Crippen molar-refractivity contribution in [1.29, 1.82) is 0 Å². The van der Waals surface area contributed by atoms with Crippen LogP contribution < -0.4 is 0 Å². The fourth-order valence-corrected chi connectivity index (χ4v) is 3.27. The lowest BCUT2D eigenvalue weighted by atomic mass is 9.93. The third-order valence-electron chi connectivity index (χ3n) is 4.99. The van der Waals surface area contributed by atoms with Gasteiger partial charge in [-0.2, -0.15) is 0 Å². The maximum absolute atomic E-state index is 13.0. The largest absolute Gasteiger partial charge is 0.459 e. The molecule has 0 saturated carbocycles. The number of nitro benzene ring substituents is 2. The number of aliphatic hydroxyl groups is 1. The molecule has 0 unspecified atom stereocenters. The zero-order valence-corrected chi connectivity index (χ0v) is 18.7. The normalized spacial score (nSPS) is 18.6. The van der Waals surface area contributed by atoms with E-state index >= 15 is 0 Å². The zero-order chi connectivity index (χ0) is 25.7. The molecule has 1 aliphatic heterocycles. The number of non-ortho nitro benzene ring substituents is 2. The van der Waals surface area contributed by atoms with Crippen LogP contribution in [0.15, 0.2) is 60.2 Å². The maximum Gasteiger partial charge on any atom is 0.338 e. The molecule has 0 saturated heterocycles. The van der Waals surface area contributed by atoms with E-state index in [1.54, 1.807) is 13.8 Å². The van der Waals surface area contributed by atoms with E-state index in [4.69, 9.17) is 14.2 Å². The number of esters is 1. The molecule has 1 heterocycles. The van der Waals surface area contributed by atoms with E-state index in [2.05, 4.69) is 0 Å². The van der Waals surface area contributed by atoms with Crippen LogP contribution >= 0.6 is 0 Å². The number of ketones is 1.